The van der Waals surface area contributed by atoms with Crippen molar-refractivity contribution in [3.8, 4) is 5.75 Å². The fourth-order valence-corrected chi connectivity index (χ4v) is 1.99. The summed E-state index contributed by atoms with van der Waals surface area (Å²) in [4.78, 5) is 14.8. The van der Waals surface area contributed by atoms with Crippen molar-refractivity contribution < 1.29 is 9.66 Å². The van der Waals surface area contributed by atoms with Crippen molar-refractivity contribution in [2.75, 3.05) is 11.9 Å². The van der Waals surface area contributed by atoms with Crippen LogP contribution in [0.2, 0.25) is 0 Å². The molecule has 0 spiro atoms. The maximum atomic E-state index is 11.2. The first-order valence-electron chi connectivity index (χ1n) is 6.69. The molecular weight excluding hydrogens is 270 g/mol. The summed E-state index contributed by atoms with van der Waals surface area (Å²) in [5, 5.41) is 14.3. The molecule has 2 rings (SSSR count). The van der Waals surface area contributed by atoms with Gasteiger partial charge in [-0.05, 0) is 37.6 Å². The molecule has 1 aromatic carbocycles. The van der Waals surface area contributed by atoms with Crippen LogP contribution >= 0.6 is 0 Å². The van der Waals surface area contributed by atoms with Crippen LogP contribution in [0.3, 0.4) is 0 Å². The highest BCUT2D eigenvalue weighted by Crippen LogP contribution is 2.31. The first-order chi connectivity index (χ1) is 10.1. The van der Waals surface area contributed by atoms with E-state index in [-0.39, 0.29) is 11.7 Å². The summed E-state index contributed by atoms with van der Waals surface area (Å²) in [6.07, 6.45) is 3.42. The van der Waals surface area contributed by atoms with Gasteiger partial charge in [-0.1, -0.05) is 6.07 Å². The normalized spacial score (nSPS) is 11.7. The van der Waals surface area contributed by atoms with Crippen molar-refractivity contribution in [1.29, 1.82) is 0 Å². The molecule has 0 aliphatic heterocycles. The van der Waals surface area contributed by atoms with Crippen molar-refractivity contribution >= 4 is 11.4 Å². The number of rotatable bonds is 6. The van der Waals surface area contributed by atoms with E-state index in [9.17, 15) is 10.1 Å². The van der Waals surface area contributed by atoms with E-state index >= 15 is 0 Å². The fourth-order valence-electron chi connectivity index (χ4n) is 1.99. The summed E-state index contributed by atoms with van der Waals surface area (Å²) >= 11 is 0. The smallest absolute Gasteiger partial charge is 0.296 e. The van der Waals surface area contributed by atoms with Crippen LogP contribution in [0, 0.1) is 10.1 Å². The Morgan fingerprint density at radius 1 is 1.43 bits per heavy atom. The maximum Gasteiger partial charge on any atom is 0.296 e. The number of nitrogens with one attached hydrogen (secondary N) is 1. The summed E-state index contributed by atoms with van der Waals surface area (Å²) in [5.41, 5.74) is 1.41. The highest BCUT2D eigenvalue weighted by Gasteiger charge is 2.17. The molecule has 0 bridgehead atoms. The Morgan fingerprint density at radius 2 is 2.24 bits per heavy atom. The van der Waals surface area contributed by atoms with Crippen molar-refractivity contribution in [1.82, 2.24) is 4.98 Å². The van der Waals surface area contributed by atoms with E-state index in [1.165, 1.54) is 6.07 Å². The zero-order valence-corrected chi connectivity index (χ0v) is 11.9. The maximum absolute atomic E-state index is 11.2. The molecule has 0 radical (unpaired) electrons. The third-order valence-corrected chi connectivity index (χ3v) is 3.03. The largest absolute Gasteiger partial charge is 0.494 e. The van der Waals surface area contributed by atoms with Gasteiger partial charge >= 0.3 is 0 Å². The first kappa shape index (κ1) is 14.8. The molecule has 0 saturated carbocycles. The van der Waals surface area contributed by atoms with E-state index in [1.54, 1.807) is 24.5 Å². The van der Waals surface area contributed by atoms with Gasteiger partial charge in [-0.2, -0.15) is 0 Å². The van der Waals surface area contributed by atoms with Gasteiger partial charge in [-0.3, -0.25) is 15.1 Å². The topological polar surface area (TPSA) is 77.3 Å². The predicted molar refractivity (Wildman–Crippen MR) is 80.5 cm³/mol. The van der Waals surface area contributed by atoms with Gasteiger partial charge in [0.2, 0.25) is 0 Å². The van der Waals surface area contributed by atoms with E-state index in [1.807, 2.05) is 26.0 Å². The third kappa shape index (κ3) is 3.68. The summed E-state index contributed by atoms with van der Waals surface area (Å²) in [6, 6.07) is 8.48. The lowest BCUT2D eigenvalue weighted by Gasteiger charge is -2.15. The van der Waals surface area contributed by atoms with Crippen LogP contribution < -0.4 is 10.1 Å². The molecule has 6 nitrogen and oxygen atoms in total. The zero-order chi connectivity index (χ0) is 15.2. The molecule has 6 heteroatoms. The van der Waals surface area contributed by atoms with Crippen molar-refractivity contribution in [3.63, 3.8) is 0 Å². The fraction of sp³-hybridized carbons (Fsp3) is 0.267. The number of nitro groups is 1. The number of nitro benzene ring substituents is 1. The number of aromatic nitrogens is 1. The number of pyridine rings is 1. The number of hydrogen-bond donors (Lipinski definition) is 1. The molecule has 2 aromatic rings. The highest BCUT2D eigenvalue weighted by atomic mass is 16.6. The number of ether oxygens (including phenoxy) is 1. The predicted octanol–water partition coefficient (Wildman–Crippen LogP) is 3.56. The second kappa shape index (κ2) is 6.69. The van der Waals surface area contributed by atoms with E-state index in [0.717, 1.165) is 5.56 Å². The lowest BCUT2D eigenvalue weighted by atomic mass is 10.1. The second-order valence-electron chi connectivity index (χ2n) is 4.52. The van der Waals surface area contributed by atoms with Crippen LogP contribution in [0.25, 0.3) is 0 Å². The van der Waals surface area contributed by atoms with Crippen molar-refractivity contribution in [3.05, 3.63) is 58.4 Å². The first-order valence-corrected chi connectivity index (χ1v) is 6.69. The Hall–Kier alpha value is -2.63. The molecule has 1 unspecified atom stereocenters. The molecule has 110 valence electrons. The Balaban J connectivity index is 2.25. The highest BCUT2D eigenvalue weighted by molar-refractivity contribution is 5.64. The van der Waals surface area contributed by atoms with Gasteiger partial charge in [0.05, 0.1) is 23.6 Å². The molecule has 1 aromatic heterocycles. The SMILES string of the molecule is CCOc1ccc(NC(C)c2cccnc2)c([N+](=O)[O-])c1. The van der Waals surface area contributed by atoms with Gasteiger partial charge in [-0.15, -0.1) is 0 Å². The minimum Gasteiger partial charge on any atom is -0.494 e. The van der Waals surface area contributed by atoms with E-state index in [4.69, 9.17) is 4.74 Å². The molecule has 0 aliphatic rings. The van der Waals surface area contributed by atoms with Gasteiger partial charge in [0.1, 0.15) is 11.4 Å². The molecule has 0 fully saturated rings. The van der Waals surface area contributed by atoms with Crippen LogP contribution in [0.4, 0.5) is 11.4 Å². The van der Waals surface area contributed by atoms with E-state index in [0.29, 0.717) is 18.0 Å². The number of hydrogen-bond acceptors (Lipinski definition) is 5. The van der Waals surface area contributed by atoms with Gasteiger partial charge in [-0.25, -0.2) is 0 Å². The zero-order valence-electron chi connectivity index (χ0n) is 11.9. The molecule has 1 N–H and O–H groups in total. The Kier molecular flexibility index (Phi) is 4.71. The van der Waals surface area contributed by atoms with Gasteiger partial charge in [0.15, 0.2) is 0 Å². The Labute approximate surface area is 122 Å². The number of benzene rings is 1. The monoisotopic (exact) mass is 287 g/mol. The van der Waals surface area contributed by atoms with Crippen LogP contribution in [-0.2, 0) is 0 Å². The van der Waals surface area contributed by atoms with Crippen LogP contribution in [0.15, 0.2) is 42.7 Å². The standard InChI is InChI=1S/C15H17N3O3/c1-3-21-13-6-7-14(15(9-13)18(19)20)17-11(2)12-5-4-8-16-10-12/h4-11,17H,3H2,1-2H3. The molecule has 1 atom stereocenters. The summed E-state index contributed by atoms with van der Waals surface area (Å²) in [7, 11) is 0. The molecule has 0 saturated heterocycles. The quantitative estimate of drug-likeness (QED) is 0.649. The van der Waals surface area contributed by atoms with Crippen LogP contribution in [0.1, 0.15) is 25.5 Å². The van der Waals surface area contributed by atoms with E-state index in [2.05, 4.69) is 10.3 Å². The molecule has 0 amide bonds. The average molecular weight is 287 g/mol. The lowest BCUT2D eigenvalue weighted by molar-refractivity contribution is -0.384. The average Bonchev–Trinajstić information content (AvgIpc) is 2.49. The summed E-state index contributed by atoms with van der Waals surface area (Å²) < 4.78 is 5.30. The van der Waals surface area contributed by atoms with Crippen LogP contribution in [0.5, 0.6) is 5.75 Å². The Bertz CT molecular complexity index is 617. The summed E-state index contributed by atoms with van der Waals surface area (Å²) in [6.45, 7) is 4.23. The molecule has 0 aliphatic carbocycles. The van der Waals surface area contributed by atoms with Crippen molar-refractivity contribution in [2.45, 2.75) is 19.9 Å². The number of nitrogens with zero attached hydrogens (tertiary/aromatic N) is 2. The second-order valence-corrected chi connectivity index (χ2v) is 4.52. The number of anilines is 1. The van der Waals surface area contributed by atoms with E-state index < -0.39 is 4.92 Å². The molecule has 21 heavy (non-hydrogen) atoms. The molecule has 1 heterocycles. The van der Waals surface area contributed by atoms with Gasteiger partial charge in [0.25, 0.3) is 5.69 Å². The lowest BCUT2D eigenvalue weighted by Crippen LogP contribution is -2.08. The van der Waals surface area contributed by atoms with Gasteiger partial charge in [0, 0.05) is 12.4 Å². The Morgan fingerprint density at radius 3 is 2.86 bits per heavy atom. The summed E-state index contributed by atoms with van der Waals surface area (Å²) in [5.74, 6) is 0.490. The molecular formula is C15H17N3O3. The minimum atomic E-state index is -0.416. The van der Waals surface area contributed by atoms with Crippen LogP contribution in [-0.4, -0.2) is 16.5 Å². The van der Waals surface area contributed by atoms with Gasteiger partial charge < -0.3 is 10.1 Å². The third-order valence-electron chi connectivity index (χ3n) is 3.03. The minimum absolute atomic E-state index is 0.00306. The van der Waals surface area contributed by atoms with Crippen molar-refractivity contribution in [2.24, 2.45) is 0 Å².